The van der Waals surface area contributed by atoms with Crippen molar-refractivity contribution in [3.8, 4) is 0 Å². The third-order valence-corrected chi connectivity index (χ3v) is 5.04. The molecule has 2 N–H and O–H groups in total. The van der Waals surface area contributed by atoms with Gasteiger partial charge in [-0.05, 0) is 37.0 Å². The number of nitrogens with two attached hydrogens (primary N) is 1. The van der Waals surface area contributed by atoms with Crippen LogP contribution in [0.3, 0.4) is 0 Å². The van der Waals surface area contributed by atoms with Crippen molar-refractivity contribution in [2.24, 2.45) is 11.7 Å². The summed E-state index contributed by atoms with van der Waals surface area (Å²) < 4.78 is 0. The summed E-state index contributed by atoms with van der Waals surface area (Å²) in [7, 11) is 0. The van der Waals surface area contributed by atoms with Crippen LogP contribution >= 0.6 is 12.4 Å². The average Bonchev–Trinajstić information content (AvgIpc) is 2.86. The molecule has 3 rings (SSSR count). The Bertz CT molecular complexity index is 750. The van der Waals surface area contributed by atoms with Crippen LogP contribution < -0.4 is 5.73 Å². The Balaban J connectivity index is 0.00000243. The van der Waals surface area contributed by atoms with Crippen molar-refractivity contribution in [3.05, 3.63) is 47.5 Å². The van der Waals surface area contributed by atoms with Crippen molar-refractivity contribution >= 4 is 30.1 Å². The van der Waals surface area contributed by atoms with Crippen LogP contribution in [0, 0.1) is 5.92 Å². The van der Waals surface area contributed by atoms with Crippen LogP contribution in [0.4, 0.5) is 0 Å². The van der Waals surface area contributed by atoms with Gasteiger partial charge >= 0.3 is 0 Å². The third kappa shape index (κ3) is 3.39. The van der Waals surface area contributed by atoms with Gasteiger partial charge in [-0.2, -0.15) is 0 Å². The first kappa shape index (κ1) is 20.1. The summed E-state index contributed by atoms with van der Waals surface area (Å²) in [5, 5.41) is 0. The van der Waals surface area contributed by atoms with E-state index in [1.807, 2.05) is 0 Å². The standard InChI is InChI=1S/C19H23N3O3.ClH/c1-3-7-22-18(24)15-5-4-13(10-16(15)19(22)25)17(23)21-8-6-12(2)9-14(21)11-20;/h3-5,10,12,14H,1,6-9,11,20H2,2H3;1H. The van der Waals surface area contributed by atoms with Crippen LogP contribution in [0.15, 0.2) is 30.9 Å². The summed E-state index contributed by atoms with van der Waals surface area (Å²) in [6.45, 7) is 6.98. The molecule has 2 atom stereocenters. The molecule has 2 unspecified atom stereocenters. The zero-order valence-corrected chi connectivity index (χ0v) is 15.6. The van der Waals surface area contributed by atoms with Crippen molar-refractivity contribution in [3.63, 3.8) is 0 Å². The molecule has 2 aliphatic heterocycles. The molecule has 0 saturated carbocycles. The molecule has 26 heavy (non-hydrogen) atoms. The van der Waals surface area contributed by atoms with E-state index >= 15 is 0 Å². The number of carbonyl (C=O) groups is 3. The topological polar surface area (TPSA) is 83.7 Å². The van der Waals surface area contributed by atoms with Gasteiger partial charge in [-0.3, -0.25) is 19.3 Å². The molecule has 2 heterocycles. The molecule has 0 bridgehead atoms. The lowest BCUT2D eigenvalue weighted by Gasteiger charge is -2.38. The molecule has 140 valence electrons. The second kappa shape index (κ2) is 8.01. The van der Waals surface area contributed by atoms with Gasteiger partial charge in [0.25, 0.3) is 17.7 Å². The molecule has 1 fully saturated rings. The van der Waals surface area contributed by atoms with Crippen LogP contribution in [-0.4, -0.2) is 53.2 Å². The van der Waals surface area contributed by atoms with E-state index in [-0.39, 0.29) is 48.3 Å². The normalized spacial score (nSPS) is 22.1. The fraction of sp³-hybridized carbons (Fsp3) is 0.421. The first-order chi connectivity index (χ1) is 12.0. The Hall–Kier alpha value is -2.18. The van der Waals surface area contributed by atoms with E-state index in [4.69, 9.17) is 5.73 Å². The molecule has 0 aromatic heterocycles. The highest BCUT2D eigenvalue weighted by Gasteiger charge is 2.36. The maximum atomic E-state index is 12.9. The molecule has 1 aromatic rings. The number of hydrogen-bond donors (Lipinski definition) is 1. The van der Waals surface area contributed by atoms with E-state index in [2.05, 4.69) is 13.5 Å². The zero-order chi connectivity index (χ0) is 18.1. The van der Waals surface area contributed by atoms with Crippen molar-refractivity contribution < 1.29 is 14.4 Å². The highest BCUT2D eigenvalue weighted by molar-refractivity contribution is 6.22. The monoisotopic (exact) mass is 377 g/mol. The highest BCUT2D eigenvalue weighted by atomic mass is 35.5. The molecule has 3 amide bonds. The largest absolute Gasteiger partial charge is 0.334 e. The molecule has 2 aliphatic rings. The van der Waals surface area contributed by atoms with E-state index in [0.717, 1.165) is 17.7 Å². The minimum atomic E-state index is -0.378. The van der Waals surface area contributed by atoms with Gasteiger partial charge in [0, 0.05) is 31.2 Å². The van der Waals surface area contributed by atoms with Crippen LogP contribution in [0.1, 0.15) is 50.8 Å². The summed E-state index contributed by atoms with van der Waals surface area (Å²) in [4.78, 5) is 40.5. The third-order valence-electron chi connectivity index (χ3n) is 5.04. The van der Waals surface area contributed by atoms with Crippen molar-refractivity contribution in [2.45, 2.75) is 25.8 Å². The number of halogens is 1. The minimum Gasteiger partial charge on any atom is -0.334 e. The summed E-state index contributed by atoms with van der Waals surface area (Å²) in [6.07, 6.45) is 3.34. The lowest BCUT2D eigenvalue weighted by molar-refractivity contribution is 0.0573. The molecule has 1 saturated heterocycles. The Morgan fingerprint density at radius 1 is 1.31 bits per heavy atom. The second-order valence-electron chi connectivity index (χ2n) is 6.79. The first-order valence-electron chi connectivity index (χ1n) is 8.60. The van der Waals surface area contributed by atoms with Crippen LogP contribution in [0.25, 0.3) is 0 Å². The quantitative estimate of drug-likeness (QED) is 0.643. The fourth-order valence-electron chi connectivity index (χ4n) is 3.63. The number of rotatable bonds is 4. The molecule has 6 nitrogen and oxygen atoms in total. The van der Waals surface area contributed by atoms with Gasteiger partial charge in [0.15, 0.2) is 0 Å². The van der Waals surface area contributed by atoms with Crippen LogP contribution in [0.2, 0.25) is 0 Å². The van der Waals surface area contributed by atoms with E-state index in [1.165, 1.54) is 12.1 Å². The summed E-state index contributed by atoms with van der Waals surface area (Å²) in [5.41, 5.74) is 6.89. The molecule has 0 spiro atoms. The van der Waals surface area contributed by atoms with E-state index < -0.39 is 0 Å². The Morgan fingerprint density at radius 3 is 2.65 bits per heavy atom. The summed E-state index contributed by atoms with van der Waals surface area (Å²) in [6, 6.07) is 4.73. The number of carbonyl (C=O) groups excluding carboxylic acids is 3. The van der Waals surface area contributed by atoms with Crippen LogP contribution in [0.5, 0.6) is 0 Å². The Kier molecular flexibility index (Phi) is 6.21. The number of benzene rings is 1. The second-order valence-corrected chi connectivity index (χ2v) is 6.79. The SMILES string of the molecule is C=CCN1C(=O)c2ccc(C(=O)N3CCC(C)CC3CN)cc2C1=O.Cl. The lowest BCUT2D eigenvalue weighted by atomic mass is 9.91. The Morgan fingerprint density at radius 2 is 2.00 bits per heavy atom. The predicted molar refractivity (Wildman–Crippen MR) is 102 cm³/mol. The first-order valence-corrected chi connectivity index (χ1v) is 8.60. The highest BCUT2D eigenvalue weighted by Crippen LogP contribution is 2.27. The predicted octanol–water partition coefficient (Wildman–Crippen LogP) is 2.09. The molecule has 0 radical (unpaired) electrons. The van der Waals surface area contributed by atoms with Gasteiger partial charge in [-0.1, -0.05) is 13.0 Å². The maximum absolute atomic E-state index is 12.9. The minimum absolute atomic E-state index is 0. The van der Waals surface area contributed by atoms with Gasteiger partial charge in [-0.15, -0.1) is 19.0 Å². The van der Waals surface area contributed by atoms with Crippen molar-refractivity contribution in [1.82, 2.24) is 9.80 Å². The number of piperidine rings is 1. The van der Waals surface area contributed by atoms with Gasteiger partial charge in [0.05, 0.1) is 11.1 Å². The molecular weight excluding hydrogens is 354 g/mol. The van der Waals surface area contributed by atoms with E-state index in [9.17, 15) is 14.4 Å². The van der Waals surface area contributed by atoms with Gasteiger partial charge in [0.2, 0.25) is 0 Å². The number of nitrogens with zero attached hydrogens (tertiary/aromatic N) is 2. The van der Waals surface area contributed by atoms with Gasteiger partial charge in [-0.25, -0.2) is 0 Å². The lowest BCUT2D eigenvalue weighted by Crippen LogP contribution is -2.49. The zero-order valence-electron chi connectivity index (χ0n) is 14.8. The molecule has 7 heteroatoms. The van der Waals surface area contributed by atoms with Gasteiger partial charge in [0.1, 0.15) is 0 Å². The van der Waals surface area contributed by atoms with Crippen molar-refractivity contribution in [1.29, 1.82) is 0 Å². The summed E-state index contributed by atoms with van der Waals surface area (Å²) >= 11 is 0. The maximum Gasteiger partial charge on any atom is 0.261 e. The number of fused-ring (bicyclic) bond motifs is 1. The van der Waals surface area contributed by atoms with E-state index in [1.54, 1.807) is 17.0 Å². The number of imide groups is 1. The smallest absolute Gasteiger partial charge is 0.261 e. The number of likely N-dealkylation sites (tertiary alicyclic amines) is 1. The molecule has 0 aliphatic carbocycles. The van der Waals surface area contributed by atoms with Crippen molar-refractivity contribution in [2.75, 3.05) is 19.6 Å². The van der Waals surface area contributed by atoms with E-state index in [0.29, 0.717) is 30.1 Å². The summed E-state index contributed by atoms with van der Waals surface area (Å²) in [5.74, 6) is -0.306. The van der Waals surface area contributed by atoms with Gasteiger partial charge < -0.3 is 10.6 Å². The number of amides is 3. The number of hydrogen-bond acceptors (Lipinski definition) is 4. The molecule has 1 aromatic carbocycles. The fourth-order valence-corrected chi connectivity index (χ4v) is 3.63. The molecular formula is C19H24ClN3O3. The van der Waals surface area contributed by atoms with Crippen LogP contribution in [-0.2, 0) is 0 Å². The average molecular weight is 378 g/mol. The Labute approximate surface area is 159 Å².